The van der Waals surface area contributed by atoms with Crippen molar-refractivity contribution in [2.24, 2.45) is 5.92 Å². The van der Waals surface area contributed by atoms with E-state index in [2.05, 4.69) is 5.32 Å². The molecule has 0 aromatic rings. The quantitative estimate of drug-likeness (QED) is 0.513. The molecule has 1 atom stereocenters. The Hall–Kier alpha value is -0.610. The van der Waals surface area contributed by atoms with Crippen LogP contribution in [0.4, 0.5) is 0 Å². The molecule has 1 saturated heterocycles. The maximum absolute atomic E-state index is 10.9. The van der Waals surface area contributed by atoms with Gasteiger partial charge in [-0.2, -0.15) is 0 Å². The van der Waals surface area contributed by atoms with Gasteiger partial charge in [-0.3, -0.25) is 4.79 Å². The summed E-state index contributed by atoms with van der Waals surface area (Å²) in [5, 5.41) is 2.86. The molecule has 1 aliphatic rings. The Bertz CT molecular complexity index is 163. The van der Waals surface area contributed by atoms with Gasteiger partial charge in [-0.1, -0.05) is 0 Å². The zero-order valence-corrected chi connectivity index (χ0v) is 8.75. The molecule has 0 spiro atoms. The Labute approximate surface area is 85.0 Å². The molecule has 0 aliphatic carbocycles. The normalized spacial score (nSPS) is 22.1. The third-order valence-corrected chi connectivity index (χ3v) is 2.41. The van der Waals surface area contributed by atoms with Crippen LogP contribution in [0.5, 0.6) is 0 Å². The molecular weight excluding hydrogens is 182 g/mol. The van der Waals surface area contributed by atoms with Crippen molar-refractivity contribution in [2.75, 3.05) is 26.6 Å². The van der Waals surface area contributed by atoms with Crippen LogP contribution in [-0.2, 0) is 14.3 Å². The van der Waals surface area contributed by atoms with E-state index >= 15 is 0 Å². The summed E-state index contributed by atoms with van der Waals surface area (Å²) in [6.07, 6.45) is 2.66. The summed E-state index contributed by atoms with van der Waals surface area (Å²) in [5.41, 5.74) is 0. The summed E-state index contributed by atoms with van der Waals surface area (Å²) in [7, 11) is 0. The maximum atomic E-state index is 10.9. The Morgan fingerprint density at radius 2 is 2.36 bits per heavy atom. The van der Waals surface area contributed by atoms with E-state index in [1.807, 2.05) is 6.92 Å². The van der Waals surface area contributed by atoms with Gasteiger partial charge in [0.25, 0.3) is 0 Å². The highest BCUT2D eigenvalue weighted by Gasteiger charge is 2.17. The molecule has 0 aromatic heterocycles. The van der Waals surface area contributed by atoms with E-state index in [9.17, 15) is 4.79 Å². The minimum Gasteiger partial charge on any atom is -0.356 e. The third-order valence-electron chi connectivity index (χ3n) is 2.41. The van der Waals surface area contributed by atoms with Crippen molar-refractivity contribution in [3.8, 4) is 0 Å². The number of carbonyl (C=O) groups excluding carboxylic acids is 1. The number of hydrogen-bond acceptors (Lipinski definition) is 3. The fourth-order valence-electron chi connectivity index (χ4n) is 1.48. The van der Waals surface area contributed by atoms with E-state index in [1.165, 1.54) is 0 Å². The molecule has 1 amide bonds. The number of nitrogens with one attached hydrogen (secondary N) is 1. The molecule has 1 fully saturated rings. The van der Waals surface area contributed by atoms with E-state index in [-0.39, 0.29) is 5.91 Å². The molecule has 1 heterocycles. The van der Waals surface area contributed by atoms with Crippen LogP contribution in [0.25, 0.3) is 0 Å². The largest absolute Gasteiger partial charge is 0.356 e. The third kappa shape index (κ3) is 4.58. The average Bonchev–Trinajstić information content (AvgIpc) is 2.21. The standard InChI is InChI=1S/C10H19NO3/c1-2-13-8-14-6-5-9-3-4-10(12)11-7-9/h9H,2-8H2,1H3,(H,11,12). The monoisotopic (exact) mass is 201 g/mol. The Morgan fingerprint density at radius 1 is 1.50 bits per heavy atom. The van der Waals surface area contributed by atoms with Crippen molar-refractivity contribution in [3.05, 3.63) is 0 Å². The molecule has 1 N–H and O–H groups in total. The van der Waals surface area contributed by atoms with Crippen LogP contribution in [-0.4, -0.2) is 32.5 Å². The van der Waals surface area contributed by atoms with Crippen molar-refractivity contribution < 1.29 is 14.3 Å². The van der Waals surface area contributed by atoms with E-state index in [0.29, 0.717) is 25.7 Å². The van der Waals surface area contributed by atoms with Crippen LogP contribution in [0.15, 0.2) is 0 Å². The smallest absolute Gasteiger partial charge is 0.220 e. The summed E-state index contributed by atoms with van der Waals surface area (Å²) in [6.45, 7) is 4.55. The summed E-state index contributed by atoms with van der Waals surface area (Å²) < 4.78 is 10.3. The van der Waals surface area contributed by atoms with E-state index in [4.69, 9.17) is 9.47 Å². The van der Waals surface area contributed by atoms with Crippen LogP contribution >= 0.6 is 0 Å². The number of piperidine rings is 1. The fourth-order valence-corrected chi connectivity index (χ4v) is 1.48. The first-order valence-electron chi connectivity index (χ1n) is 5.25. The topological polar surface area (TPSA) is 47.6 Å². The molecule has 0 bridgehead atoms. The van der Waals surface area contributed by atoms with E-state index < -0.39 is 0 Å². The number of amides is 1. The van der Waals surface area contributed by atoms with Crippen molar-refractivity contribution in [1.82, 2.24) is 5.32 Å². The predicted octanol–water partition coefficient (Wildman–Crippen LogP) is 0.913. The van der Waals surface area contributed by atoms with Gasteiger partial charge in [0.1, 0.15) is 6.79 Å². The van der Waals surface area contributed by atoms with Crippen LogP contribution in [0.1, 0.15) is 26.2 Å². The van der Waals surface area contributed by atoms with Crippen molar-refractivity contribution in [2.45, 2.75) is 26.2 Å². The van der Waals surface area contributed by atoms with E-state index in [1.54, 1.807) is 0 Å². The second-order valence-corrected chi connectivity index (χ2v) is 3.52. The maximum Gasteiger partial charge on any atom is 0.220 e. The minimum absolute atomic E-state index is 0.177. The zero-order valence-electron chi connectivity index (χ0n) is 8.75. The van der Waals surface area contributed by atoms with Gasteiger partial charge in [0.05, 0.1) is 0 Å². The van der Waals surface area contributed by atoms with Gasteiger partial charge in [-0.15, -0.1) is 0 Å². The Balaban J connectivity index is 1.94. The lowest BCUT2D eigenvalue weighted by atomic mass is 9.96. The lowest BCUT2D eigenvalue weighted by molar-refractivity contribution is -0.123. The average molecular weight is 201 g/mol. The molecule has 0 aromatic carbocycles. The van der Waals surface area contributed by atoms with Crippen molar-refractivity contribution in [1.29, 1.82) is 0 Å². The SMILES string of the molecule is CCOCOCCC1CCC(=O)NC1. The van der Waals surface area contributed by atoms with E-state index in [0.717, 1.165) is 26.0 Å². The first kappa shape index (κ1) is 11.5. The highest BCUT2D eigenvalue weighted by atomic mass is 16.7. The van der Waals surface area contributed by atoms with Crippen molar-refractivity contribution >= 4 is 5.91 Å². The lowest BCUT2D eigenvalue weighted by Gasteiger charge is -2.21. The zero-order chi connectivity index (χ0) is 10.2. The van der Waals surface area contributed by atoms with Crippen LogP contribution in [0.2, 0.25) is 0 Å². The summed E-state index contributed by atoms with van der Waals surface area (Å²) >= 11 is 0. The molecule has 0 saturated carbocycles. The van der Waals surface area contributed by atoms with Gasteiger partial charge >= 0.3 is 0 Å². The van der Waals surface area contributed by atoms with Crippen LogP contribution < -0.4 is 5.32 Å². The first-order chi connectivity index (χ1) is 6.83. The van der Waals surface area contributed by atoms with Crippen LogP contribution in [0, 0.1) is 5.92 Å². The Kier molecular flexibility index (Phi) is 5.56. The second-order valence-electron chi connectivity index (χ2n) is 3.52. The second kappa shape index (κ2) is 6.79. The molecule has 4 heteroatoms. The Morgan fingerprint density at radius 3 is 3.00 bits per heavy atom. The summed E-state index contributed by atoms with van der Waals surface area (Å²) in [4.78, 5) is 10.9. The van der Waals surface area contributed by atoms with Gasteiger partial charge in [0, 0.05) is 26.2 Å². The molecular formula is C10H19NO3. The molecule has 82 valence electrons. The highest BCUT2D eigenvalue weighted by Crippen LogP contribution is 2.14. The van der Waals surface area contributed by atoms with Crippen molar-refractivity contribution in [3.63, 3.8) is 0 Å². The summed E-state index contributed by atoms with van der Waals surface area (Å²) in [5.74, 6) is 0.755. The first-order valence-corrected chi connectivity index (χ1v) is 5.25. The lowest BCUT2D eigenvalue weighted by Crippen LogP contribution is -2.35. The van der Waals surface area contributed by atoms with Gasteiger partial charge in [0.2, 0.25) is 5.91 Å². The molecule has 1 unspecified atom stereocenters. The van der Waals surface area contributed by atoms with Gasteiger partial charge in [-0.05, 0) is 25.7 Å². The molecule has 1 rings (SSSR count). The highest BCUT2D eigenvalue weighted by molar-refractivity contribution is 5.76. The number of hydrogen-bond donors (Lipinski definition) is 1. The number of ether oxygens (including phenoxy) is 2. The molecule has 0 radical (unpaired) electrons. The predicted molar refractivity (Wildman–Crippen MR) is 52.8 cm³/mol. The minimum atomic E-state index is 0.177. The molecule has 4 nitrogen and oxygen atoms in total. The molecule has 1 aliphatic heterocycles. The fraction of sp³-hybridized carbons (Fsp3) is 0.900. The van der Waals surface area contributed by atoms with Crippen LogP contribution in [0.3, 0.4) is 0 Å². The summed E-state index contributed by atoms with van der Waals surface area (Å²) in [6, 6.07) is 0. The van der Waals surface area contributed by atoms with Gasteiger partial charge < -0.3 is 14.8 Å². The molecule has 14 heavy (non-hydrogen) atoms. The van der Waals surface area contributed by atoms with Gasteiger partial charge in [0.15, 0.2) is 0 Å². The van der Waals surface area contributed by atoms with Gasteiger partial charge in [-0.25, -0.2) is 0 Å². The number of carbonyl (C=O) groups is 1. The number of rotatable bonds is 6.